The van der Waals surface area contributed by atoms with Crippen LogP contribution in [0.4, 0.5) is 5.82 Å². The van der Waals surface area contributed by atoms with Crippen LogP contribution in [0.2, 0.25) is 0 Å². The number of carbonyl (C=O) groups is 2. The van der Waals surface area contributed by atoms with Gasteiger partial charge in [-0.05, 0) is 45.1 Å². The van der Waals surface area contributed by atoms with Gasteiger partial charge in [0.1, 0.15) is 23.1 Å². The summed E-state index contributed by atoms with van der Waals surface area (Å²) < 4.78 is 5.53. The van der Waals surface area contributed by atoms with Crippen molar-refractivity contribution in [3.05, 3.63) is 16.8 Å². The molecule has 3 saturated heterocycles. The summed E-state index contributed by atoms with van der Waals surface area (Å²) in [6.07, 6.45) is 4.83. The Kier molecular flexibility index (Phi) is 6.03. The van der Waals surface area contributed by atoms with Gasteiger partial charge in [-0.3, -0.25) is 9.59 Å². The summed E-state index contributed by atoms with van der Waals surface area (Å²) in [6, 6.07) is 0. The number of rotatable bonds is 3. The van der Waals surface area contributed by atoms with Crippen molar-refractivity contribution in [1.82, 2.24) is 19.8 Å². The minimum absolute atomic E-state index is 0.0503. The van der Waals surface area contributed by atoms with Gasteiger partial charge < -0.3 is 19.4 Å². The van der Waals surface area contributed by atoms with Gasteiger partial charge in [0.15, 0.2) is 0 Å². The maximum Gasteiger partial charge on any atom is 0.251 e. The first-order chi connectivity index (χ1) is 15.5. The van der Waals surface area contributed by atoms with Gasteiger partial charge in [0.2, 0.25) is 5.91 Å². The average Bonchev–Trinajstić information content (AvgIpc) is 3.47. The average molecular weight is 458 g/mol. The molecule has 3 aliphatic rings. The number of ether oxygens (including phenoxy) is 1. The lowest BCUT2D eigenvalue weighted by molar-refractivity contribution is -0.147. The third-order valence-electron chi connectivity index (χ3n) is 7.20. The standard InChI is InChI=1S/C23H31N5O3S/c1-15-16(2)32-21-19(15)20(24-14-25-21)26-7-5-17(6-8-26)22(29)27-9-11-28(12-10-27)23(30)18-4-3-13-31-18/h14,17-18H,3-13H2,1-2H3. The van der Waals surface area contributed by atoms with E-state index in [1.54, 1.807) is 17.7 Å². The number of hydrogen-bond acceptors (Lipinski definition) is 7. The Bertz CT molecular complexity index is 1000. The third kappa shape index (κ3) is 3.96. The van der Waals surface area contributed by atoms with E-state index in [-0.39, 0.29) is 23.8 Å². The molecule has 3 aliphatic heterocycles. The molecule has 0 aliphatic carbocycles. The van der Waals surface area contributed by atoms with E-state index in [4.69, 9.17) is 4.74 Å². The molecule has 3 fully saturated rings. The number of piperidine rings is 1. The molecule has 1 unspecified atom stereocenters. The second-order valence-corrected chi connectivity index (χ2v) is 10.3. The van der Waals surface area contributed by atoms with Crippen LogP contribution in [0, 0.1) is 19.8 Å². The van der Waals surface area contributed by atoms with Crippen LogP contribution in [0.1, 0.15) is 36.1 Å². The zero-order valence-electron chi connectivity index (χ0n) is 18.9. The SMILES string of the molecule is Cc1sc2ncnc(N3CCC(C(=O)N4CCN(C(=O)C5CCCO5)CC4)CC3)c2c1C. The van der Waals surface area contributed by atoms with Crippen LogP contribution in [-0.4, -0.2) is 83.6 Å². The van der Waals surface area contributed by atoms with E-state index in [2.05, 4.69) is 28.7 Å². The van der Waals surface area contributed by atoms with Crippen LogP contribution in [0.25, 0.3) is 10.2 Å². The number of aromatic nitrogens is 2. The molecular formula is C23H31N5O3S. The highest BCUT2D eigenvalue weighted by atomic mass is 32.1. The van der Waals surface area contributed by atoms with Gasteiger partial charge >= 0.3 is 0 Å². The summed E-state index contributed by atoms with van der Waals surface area (Å²) >= 11 is 1.72. The second kappa shape index (κ2) is 8.94. The molecule has 0 saturated carbocycles. The maximum absolute atomic E-state index is 13.2. The highest BCUT2D eigenvalue weighted by Crippen LogP contribution is 2.35. The topological polar surface area (TPSA) is 78.9 Å². The molecule has 2 amide bonds. The molecule has 0 N–H and O–H groups in total. The fraction of sp³-hybridized carbons (Fsp3) is 0.652. The first kappa shape index (κ1) is 21.6. The van der Waals surface area contributed by atoms with Gasteiger partial charge in [0, 0.05) is 56.7 Å². The molecule has 5 rings (SSSR count). The van der Waals surface area contributed by atoms with E-state index in [1.807, 2.05) is 9.80 Å². The number of aryl methyl sites for hydroxylation is 2. The van der Waals surface area contributed by atoms with Crippen LogP contribution in [-0.2, 0) is 14.3 Å². The lowest BCUT2D eigenvalue weighted by Crippen LogP contribution is -2.54. The smallest absolute Gasteiger partial charge is 0.251 e. The monoisotopic (exact) mass is 457 g/mol. The van der Waals surface area contributed by atoms with E-state index in [9.17, 15) is 9.59 Å². The van der Waals surface area contributed by atoms with Gasteiger partial charge in [0.05, 0.1) is 5.39 Å². The molecule has 0 radical (unpaired) electrons. The van der Waals surface area contributed by atoms with E-state index in [0.717, 1.165) is 54.8 Å². The Morgan fingerprint density at radius 3 is 2.31 bits per heavy atom. The predicted octanol–water partition coefficient (Wildman–Crippen LogP) is 2.37. The Labute approximate surface area is 192 Å². The van der Waals surface area contributed by atoms with Crippen molar-refractivity contribution in [3.63, 3.8) is 0 Å². The number of fused-ring (bicyclic) bond motifs is 1. The quantitative estimate of drug-likeness (QED) is 0.704. The minimum Gasteiger partial charge on any atom is -0.368 e. The van der Waals surface area contributed by atoms with Crippen molar-refractivity contribution in [2.45, 2.75) is 45.6 Å². The van der Waals surface area contributed by atoms with Crippen LogP contribution in [0.15, 0.2) is 6.33 Å². The molecule has 1 atom stereocenters. The highest BCUT2D eigenvalue weighted by Gasteiger charge is 2.34. The van der Waals surface area contributed by atoms with Crippen LogP contribution in [0.3, 0.4) is 0 Å². The van der Waals surface area contributed by atoms with Crippen molar-refractivity contribution in [3.8, 4) is 0 Å². The summed E-state index contributed by atoms with van der Waals surface area (Å²) in [5, 5.41) is 1.16. The van der Waals surface area contributed by atoms with E-state index < -0.39 is 0 Å². The zero-order valence-corrected chi connectivity index (χ0v) is 19.7. The van der Waals surface area contributed by atoms with Crippen molar-refractivity contribution in [2.75, 3.05) is 50.8 Å². The van der Waals surface area contributed by atoms with Gasteiger partial charge in [0.25, 0.3) is 5.91 Å². The Hall–Kier alpha value is -2.26. The Balaban J connectivity index is 1.17. The van der Waals surface area contributed by atoms with Gasteiger partial charge in [-0.15, -0.1) is 11.3 Å². The molecule has 2 aromatic rings. The molecule has 0 bridgehead atoms. The molecule has 8 nitrogen and oxygen atoms in total. The highest BCUT2D eigenvalue weighted by molar-refractivity contribution is 7.18. The van der Waals surface area contributed by atoms with Crippen LogP contribution in [0.5, 0.6) is 0 Å². The molecule has 32 heavy (non-hydrogen) atoms. The summed E-state index contributed by atoms with van der Waals surface area (Å²) in [6.45, 7) is 9.07. The molecule has 172 valence electrons. The van der Waals surface area contributed by atoms with Crippen LogP contribution < -0.4 is 4.90 Å². The summed E-state index contributed by atoms with van der Waals surface area (Å²) in [5.74, 6) is 1.39. The fourth-order valence-electron chi connectivity index (χ4n) is 5.12. The van der Waals surface area contributed by atoms with E-state index in [0.29, 0.717) is 32.8 Å². The lowest BCUT2D eigenvalue weighted by Gasteiger charge is -2.39. The van der Waals surface area contributed by atoms with Crippen molar-refractivity contribution < 1.29 is 14.3 Å². The molecule has 2 aromatic heterocycles. The van der Waals surface area contributed by atoms with Gasteiger partial charge in [-0.1, -0.05) is 0 Å². The fourth-order valence-corrected chi connectivity index (χ4v) is 6.11. The van der Waals surface area contributed by atoms with Gasteiger partial charge in [-0.2, -0.15) is 0 Å². The number of anilines is 1. The van der Waals surface area contributed by atoms with Crippen molar-refractivity contribution in [2.24, 2.45) is 5.92 Å². The van der Waals surface area contributed by atoms with Crippen LogP contribution >= 0.6 is 11.3 Å². The first-order valence-electron chi connectivity index (χ1n) is 11.7. The normalized spacial score (nSPS) is 22.7. The minimum atomic E-state index is -0.273. The van der Waals surface area contributed by atoms with Gasteiger partial charge in [-0.25, -0.2) is 9.97 Å². The summed E-state index contributed by atoms with van der Waals surface area (Å²) in [5.41, 5.74) is 1.26. The lowest BCUT2D eigenvalue weighted by atomic mass is 9.94. The molecule has 9 heteroatoms. The maximum atomic E-state index is 13.2. The second-order valence-electron chi connectivity index (χ2n) is 9.07. The van der Waals surface area contributed by atoms with Crippen molar-refractivity contribution >= 4 is 39.2 Å². The number of hydrogen-bond donors (Lipinski definition) is 0. The zero-order chi connectivity index (χ0) is 22.2. The number of thiophene rings is 1. The number of piperazine rings is 1. The summed E-state index contributed by atoms with van der Waals surface area (Å²) in [7, 11) is 0. The molecule has 0 aromatic carbocycles. The first-order valence-corrected chi connectivity index (χ1v) is 12.5. The predicted molar refractivity (Wildman–Crippen MR) is 124 cm³/mol. The molecule has 5 heterocycles. The number of nitrogens with zero attached hydrogens (tertiary/aromatic N) is 5. The largest absolute Gasteiger partial charge is 0.368 e. The molecule has 0 spiro atoms. The molecular weight excluding hydrogens is 426 g/mol. The Morgan fingerprint density at radius 1 is 0.969 bits per heavy atom. The van der Waals surface area contributed by atoms with Crippen molar-refractivity contribution in [1.29, 1.82) is 0 Å². The Morgan fingerprint density at radius 2 is 1.66 bits per heavy atom. The number of carbonyl (C=O) groups excluding carboxylic acids is 2. The van der Waals surface area contributed by atoms with E-state index in [1.165, 1.54) is 10.4 Å². The summed E-state index contributed by atoms with van der Waals surface area (Å²) in [4.78, 5) is 43.2. The number of amides is 2. The van der Waals surface area contributed by atoms with E-state index >= 15 is 0 Å². The third-order valence-corrected chi connectivity index (χ3v) is 8.31.